The number of carbonyl (C=O) groups excluding carboxylic acids is 1. The quantitative estimate of drug-likeness (QED) is 0.568. The molecule has 0 spiro atoms. The van der Waals surface area contributed by atoms with Gasteiger partial charge in [-0.05, 0) is 35.7 Å². The summed E-state index contributed by atoms with van der Waals surface area (Å²) in [6, 6.07) is 11.8. The maximum absolute atomic E-state index is 12.4. The highest BCUT2D eigenvalue weighted by Crippen LogP contribution is 2.20. The van der Waals surface area contributed by atoms with E-state index in [0.717, 1.165) is 5.56 Å². The summed E-state index contributed by atoms with van der Waals surface area (Å²) in [7, 11) is -3.70. The third kappa shape index (κ3) is 5.11. The number of sulfonamides is 1. The second-order valence-corrected chi connectivity index (χ2v) is 7.57. The van der Waals surface area contributed by atoms with E-state index in [1.54, 1.807) is 12.1 Å². The van der Waals surface area contributed by atoms with Crippen LogP contribution in [0.5, 0.6) is 0 Å². The highest BCUT2D eigenvalue weighted by atomic mass is 32.2. The van der Waals surface area contributed by atoms with Crippen LogP contribution in [0.3, 0.4) is 0 Å². The lowest BCUT2D eigenvalue weighted by atomic mass is 10.0. The number of non-ortho nitro benzene ring substituents is 1. The van der Waals surface area contributed by atoms with Crippen molar-refractivity contribution >= 4 is 27.3 Å². The van der Waals surface area contributed by atoms with Gasteiger partial charge in [0.05, 0.1) is 9.82 Å². The van der Waals surface area contributed by atoms with Crippen molar-refractivity contribution in [3.63, 3.8) is 0 Å². The van der Waals surface area contributed by atoms with Gasteiger partial charge in [0.2, 0.25) is 15.9 Å². The van der Waals surface area contributed by atoms with E-state index in [1.807, 2.05) is 6.92 Å². The predicted octanol–water partition coefficient (Wildman–Crippen LogP) is 2.64. The second kappa shape index (κ2) is 8.07. The molecule has 26 heavy (non-hydrogen) atoms. The van der Waals surface area contributed by atoms with Crippen LogP contribution in [0.2, 0.25) is 0 Å². The normalized spacial score (nSPS) is 12.4. The first-order chi connectivity index (χ1) is 12.2. The van der Waals surface area contributed by atoms with Gasteiger partial charge in [0.1, 0.15) is 0 Å². The van der Waals surface area contributed by atoms with Gasteiger partial charge in [0.25, 0.3) is 5.69 Å². The highest BCUT2D eigenvalue weighted by Gasteiger charge is 2.16. The molecule has 138 valence electrons. The number of nitrogens with one attached hydrogen (secondary N) is 2. The number of benzene rings is 2. The summed E-state index contributed by atoms with van der Waals surface area (Å²) >= 11 is 0. The summed E-state index contributed by atoms with van der Waals surface area (Å²) in [5, 5.41) is 13.2. The van der Waals surface area contributed by atoms with Gasteiger partial charge in [-0.25, -0.2) is 13.1 Å². The van der Waals surface area contributed by atoms with E-state index in [4.69, 9.17) is 0 Å². The van der Waals surface area contributed by atoms with Gasteiger partial charge >= 0.3 is 0 Å². The monoisotopic (exact) mass is 377 g/mol. The number of amides is 1. The first-order valence-corrected chi connectivity index (χ1v) is 9.29. The van der Waals surface area contributed by atoms with Crippen LogP contribution in [0.15, 0.2) is 53.4 Å². The van der Waals surface area contributed by atoms with Crippen molar-refractivity contribution in [1.82, 2.24) is 4.72 Å². The molecule has 2 aromatic rings. The Labute approximate surface area is 151 Å². The summed E-state index contributed by atoms with van der Waals surface area (Å²) in [6.07, 6.45) is 0. The molecule has 2 aromatic carbocycles. The van der Waals surface area contributed by atoms with Crippen LogP contribution in [0, 0.1) is 10.1 Å². The van der Waals surface area contributed by atoms with Gasteiger partial charge in [-0.15, -0.1) is 0 Å². The molecule has 2 rings (SSSR count). The van der Waals surface area contributed by atoms with E-state index < -0.39 is 14.9 Å². The molecule has 0 aliphatic carbocycles. The zero-order valence-corrected chi connectivity index (χ0v) is 15.1. The Kier molecular flexibility index (Phi) is 6.06. The lowest BCUT2D eigenvalue weighted by molar-refractivity contribution is -0.384. The lowest BCUT2D eigenvalue weighted by Crippen LogP contribution is -2.27. The average molecular weight is 377 g/mol. The standard InChI is InChI=1S/C17H19N3O5S/c1-12(14-3-7-16(8-4-14)20(22)23)11-18-26(24,25)17-9-5-15(6-10-17)19-13(2)21/h3-10,12,18H,11H2,1-2H3,(H,19,21). The molecule has 1 amide bonds. The Hall–Kier alpha value is -2.78. The van der Waals surface area contributed by atoms with E-state index in [1.165, 1.54) is 43.3 Å². The van der Waals surface area contributed by atoms with E-state index in [2.05, 4.69) is 10.0 Å². The molecule has 0 aliphatic heterocycles. The summed E-state index contributed by atoms with van der Waals surface area (Å²) in [5.41, 5.74) is 1.29. The minimum atomic E-state index is -3.70. The second-order valence-electron chi connectivity index (χ2n) is 5.81. The molecule has 0 bridgehead atoms. The molecular weight excluding hydrogens is 358 g/mol. The average Bonchev–Trinajstić information content (AvgIpc) is 2.60. The summed E-state index contributed by atoms with van der Waals surface area (Å²) in [4.78, 5) is 21.3. The molecule has 0 saturated heterocycles. The van der Waals surface area contributed by atoms with Crippen molar-refractivity contribution in [1.29, 1.82) is 0 Å². The van der Waals surface area contributed by atoms with Gasteiger partial charge in [-0.1, -0.05) is 19.1 Å². The smallest absolute Gasteiger partial charge is 0.269 e. The van der Waals surface area contributed by atoms with Crippen molar-refractivity contribution in [2.45, 2.75) is 24.7 Å². The predicted molar refractivity (Wildman–Crippen MR) is 97.4 cm³/mol. The Bertz CT molecular complexity index is 893. The van der Waals surface area contributed by atoms with Crippen molar-refractivity contribution in [2.24, 2.45) is 0 Å². The fourth-order valence-corrected chi connectivity index (χ4v) is 3.41. The van der Waals surface area contributed by atoms with E-state index in [0.29, 0.717) is 5.69 Å². The summed E-state index contributed by atoms with van der Waals surface area (Å²) in [6.45, 7) is 3.34. The van der Waals surface area contributed by atoms with Gasteiger partial charge in [0.15, 0.2) is 0 Å². The fourth-order valence-electron chi connectivity index (χ4n) is 2.28. The number of rotatable bonds is 7. The third-order valence-electron chi connectivity index (χ3n) is 3.74. The summed E-state index contributed by atoms with van der Waals surface area (Å²) in [5.74, 6) is -0.403. The highest BCUT2D eigenvalue weighted by molar-refractivity contribution is 7.89. The Morgan fingerprint density at radius 3 is 2.19 bits per heavy atom. The topological polar surface area (TPSA) is 118 Å². The first-order valence-electron chi connectivity index (χ1n) is 7.81. The molecule has 0 aliphatic rings. The molecule has 1 unspecified atom stereocenters. The van der Waals surface area contributed by atoms with E-state index >= 15 is 0 Å². The van der Waals surface area contributed by atoms with E-state index in [9.17, 15) is 23.3 Å². The molecule has 0 heterocycles. The molecule has 2 N–H and O–H groups in total. The number of hydrogen-bond acceptors (Lipinski definition) is 5. The Morgan fingerprint density at radius 1 is 1.12 bits per heavy atom. The van der Waals surface area contributed by atoms with Crippen LogP contribution in [0.25, 0.3) is 0 Å². The number of hydrogen-bond donors (Lipinski definition) is 2. The molecule has 8 nitrogen and oxygen atoms in total. The van der Waals surface area contributed by atoms with Crippen LogP contribution >= 0.6 is 0 Å². The maximum atomic E-state index is 12.4. The van der Waals surface area contributed by atoms with Gasteiger partial charge in [-0.2, -0.15) is 0 Å². The van der Waals surface area contributed by atoms with E-state index in [-0.39, 0.29) is 29.0 Å². The number of anilines is 1. The number of nitro groups is 1. The van der Waals surface area contributed by atoms with Crippen molar-refractivity contribution in [2.75, 3.05) is 11.9 Å². The van der Waals surface area contributed by atoms with Crippen LogP contribution in [0.4, 0.5) is 11.4 Å². The number of nitro benzene ring substituents is 1. The van der Waals surface area contributed by atoms with Crippen LogP contribution in [-0.4, -0.2) is 25.8 Å². The van der Waals surface area contributed by atoms with Crippen LogP contribution in [-0.2, 0) is 14.8 Å². The largest absolute Gasteiger partial charge is 0.326 e. The minimum Gasteiger partial charge on any atom is -0.326 e. The Morgan fingerprint density at radius 2 is 1.69 bits per heavy atom. The zero-order valence-electron chi connectivity index (χ0n) is 14.3. The fraction of sp³-hybridized carbons (Fsp3) is 0.235. The maximum Gasteiger partial charge on any atom is 0.269 e. The Balaban J connectivity index is 2.02. The zero-order chi connectivity index (χ0) is 19.3. The molecule has 1 atom stereocenters. The van der Waals surface area contributed by atoms with Crippen molar-refractivity contribution in [3.8, 4) is 0 Å². The van der Waals surface area contributed by atoms with Gasteiger partial charge in [0, 0.05) is 31.3 Å². The third-order valence-corrected chi connectivity index (χ3v) is 5.18. The van der Waals surface area contributed by atoms with Crippen molar-refractivity contribution < 1.29 is 18.1 Å². The minimum absolute atomic E-state index is 0.0132. The van der Waals surface area contributed by atoms with Gasteiger partial charge in [-0.3, -0.25) is 14.9 Å². The molecule has 0 fully saturated rings. The molecule has 0 radical (unpaired) electrons. The SMILES string of the molecule is CC(=O)Nc1ccc(S(=O)(=O)NCC(C)c2ccc([N+](=O)[O-])cc2)cc1. The first kappa shape index (κ1) is 19.5. The van der Waals surface area contributed by atoms with Gasteiger partial charge < -0.3 is 5.32 Å². The molecular formula is C17H19N3O5S. The number of carbonyl (C=O) groups is 1. The molecule has 0 saturated carbocycles. The lowest BCUT2D eigenvalue weighted by Gasteiger charge is -2.13. The molecule has 9 heteroatoms. The molecule has 0 aromatic heterocycles. The van der Waals surface area contributed by atoms with Crippen LogP contribution in [0.1, 0.15) is 25.3 Å². The summed E-state index contributed by atoms with van der Waals surface area (Å²) < 4.78 is 27.2. The number of nitrogens with zero attached hydrogens (tertiary/aromatic N) is 1. The van der Waals surface area contributed by atoms with Crippen molar-refractivity contribution in [3.05, 3.63) is 64.2 Å². The van der Waals surface area contributed by atoms with Crippen LogP contribution < -0.4 is 10.0 Å².